The van der Waals surface area contributed by atoms with Crippen LogP contribution in [0.4, 0.5) is 0 Å². The van der Waals surface area contributed by atoms with Crippen LogP contribution in [0, 0.1) is 0 Å². The van der Waals surface area contributed by atoms with Gasteiger partial charge in [-0.2, -0.15) is 0 Å². The van der Waals surface area contributed by atoms with Crippen molar-refractivity contribution in [1.29, 1.82) is 0 Å². The standard InChI is InChI=1S/C3H3O.Fe.2Zr/c1-2-3-4;;;/h2H,1H2;;;. The van der Waals surface area contributed by atoms with Crippen LogP contribution in [0.2, 0.25) is 0 Å². The Balaban J connectivity index is -0.0000000800. The summed E-state index contributed by atoms with van der Waals surface area (Å²) in [6, 6.07) is 0. The van der Waals surface area contributed by atoms with Crippen molar-refractivity contribution in [2.45, 2.75) is 0 Å². The molecule has 0 aliphatic heterocycles. The van der Waals surface area contributed by atoms with Gasteiger partial charge in [0, 0.05) is 43.3 Å². The predicted octanol–water partition coefficient (Wildman–Crippen LogP) is 0.241. The summed E-state index contributed by atoms with van der Waals surface area (Å²) in [7, 11) is 0. The Morgan fingerprint density at radius 1 is 1.71 bits per heavy atom. The van der Waals surface area contributed by atoms with Gasteiger partial charge in [0.05, 0.1) is 0 Å². The van der Waals surface area contributed by atoms with Gasteiger partial charge in [0.1, 0.15) is 0 Å². The molecule has 0 aliphatic rings. The van der Waals surface area contributed by atoms with E-state index in [1.165, 1.54) is 6.08 Å². The van der Waals surface area contributed by atoms with Gasteiger partial charge >= 0.3 is 45.7 Å². The van der Waals surface area contributed by atoms with Gasteiger partial charge in [0.2, 0.25) is 0 Å². The average Bonchev–Trinajstić information content (AvgIpc) is 1.38. The molecule has 37 valence electrons. The maximum atomic E-state index is 9.73. The van der Waals surface area contributed by atoms with E-state index in [-0.39, 0.29) is 46.8 Å². The molecule has 0 saturated carbocycles. The fourth-order valence-corrected chi connectivity index (χ4v) is 0. The van der Waals surface area contributed by atoms with E-state index < -0.39 is 0 Å². The molecule has 0 unspecified atom stereocenters. The largest absolute Gasteiger partial charge is 0 e. The van der Waals surface area contributed by atoms with Crippen LogP contribution in [0.1, 0.15) is 0 Å². The minimum Gasteiger partial charge on any atom is 0 e. The van der Waals surface area contributed by atoms with E-state index in [2.05, 4.69) is 6.58 Å². The van der Waals surface area contributed by atoms with Gasteiger partial charge in [-0.25, -0.2) is 0 Å². The van der Waals surface area contributed by atoms with E-state index >= 15 is 0 Å². The molecule has 0 spiro atoms. The topological polar surface area (TPSA) is 17.1 Å². The van der Waals surface area contributed by atoms with Gasteiger partial charge < -0.3 is 0 Å². The number of carbonyl (C=O) groups excluding carboxylic acids is 1. The Labute approximate surface area is 87.8 Å². The Hall–Kier alpha value is 1.70. The van der Waals surface area contributed by atoms with Crippen LogP contribution in [0.25, 0.3) is 0 Å². The van der Waals surface area contributed by atoms with Gasteiger partial charge in [-0.15, -0.1) is 0 Å². The van der Waals surface area contributed by atoms with E-state index in [4.69, 9.17) is 0 Å². The Morgan fingerprint density at radius 2 is 1.86 bits per heavy atom. The smallest absolute Gasteiger partial charge is 0 e. The van der Waals surface area contributed by atoms with Crippen LogP contribution in [-0.4, -0.2) is 3.49 Å². The van der Waals surface area contributed by atoms with Crippen LogP contribution in [0.5, 0.6) is 0 Å². The molecule has 1 nitrogen and oxygen atoms in total. The van der Waals surface area contributed by atoms with Crippen LogP contribution in [0.15, 0.2) is 12.7 Å². The maximum absolute atomic E-state index is 9.73. The van der Waals surface area contributed by atoms with Crippen molar-refractivity contribution >= 4 is 3.49 Å². The quantitative estimate of drug-likeness (QED) is 0.500. The fraction of sp³-hybridized carbons (Fsp3) is 0. The van der Waals surface area contributed by atoms with E-state index in [1.54, 1.807) is 0 Å². The Bertz CT molecular complexity index is 64.0. The first-order valence-electron chi connectivity index (χ1n) is 1.15. The molecule has 0 bridgehead atoms. The molecule has 0 saturated heterocycles. The van der Waals surface area contributed by atoms with Crippen molar-refractivity contribution < 1.29 is 72.8 Å². The fourth-order valence-electron chi connectivity index (χ4n) is 0. The second-order valence-corrected chi connectivity index (χ2v) is 1.78. The van der Waals surface area contributed by atoms with E-state index in [0.29, 0.717) is 0 Å². The molecule has 4 heteroatoms. The van der Waals surface area contributed by atoms with Crippen molar-refractivity contribution in [3.05, 3.63) is 12.7 Å². The third-order valence-electron chi connectivity index (χ3n) is 0.185. The third kappa shape index (κ3) is 18.3. The second-order valence-electron chi connectivity index (χ2n) is 0.568. The molecular formula is C3H3FeOZr2. The summed E-state index contributed by atoms with van der Waals surface area (Å²) in [5.74, 6) is 0. The molecule has 0 N–H and O–H groups in total. The molecule has 0 heterocycles. The summed E-state index contributed by atoms with van der Waals surface area (Å²) >= 11 is 0.913. The normalized spacial score (nSPS) is 4.43. The first kappa shape index (κ1) is 15.9. The Morgan fingerprint density at radius 3 is 1.86 bits per heavy atom. The van der Waals surface area contributed by atoms with Crippen molar-refractivity contribution in [2.75, 3.05) is 0 Å². The molecule has 0 atom stereocenters. The minimum absolute atomic E-state index is 0. The first-order valence-corrected chi connectivity index (χ1v) is 2.38. The molecule has 0 aromatic carbocycles. The molecule has 0 aromatic heterocycles. The number of rotatable bonds is 1. The molecule has 7 heavy (non-hydrogen) atoms. The van der Waals surface area contributed by atoms with Crippen LogP contribution < -0.4 is 0 Å². The number of hydrogen-bond acceptors (Lipinski definition) is 1. The third-order valence-corrected chi connectivity index (χ3v) is 0.687. The average molecular weight is 293 g/mol. The summed E-state index contributed by atoms with van der Waals surface area (Å²) in [5.41, 5.74) is 0. The number of allylic oxidation sites excluding steroid dienone is 1. The molecule has 0 aliphatic carbocycles. The van der Waals surface area contributed by atoms with E-state index in [9.17, 15) is 4.79 Å². The van der Waals surface area contributed by atoms with Crippen LogP contribution in [0.3, 0.4) is 0 Å². The summed E-state index contributed by atoms with van der Waals surface area (Å²) < 4.78 is 0.109. The molecule has 0 radical (unpaired) electrons. The molecule has 0 fully saturated rings. The molecule has 0 amide bonds. The Kier molecular flexibility index (Phi) is 24.1. The summed E-state index contributed by atoms with van der Waals surface area (Å²) in [6.07, 6.45) is 1.32. The summed E-state index contributed by atoms with van der Waals surface area (Å²) in [4.78, 5) is 9.73. The van der Waals surface area contributed by atoms with Crippen molar-refractivity contribution in [3.63, 3.8) is 0 Å². The zero-order chi connectivity index (χ0) is 4.28. The van der Waals surface area contributed by atoms with Crippen molar-refractivity contribution in [3.8, 4) is 0 Å². The molecule has 0 aromatic rings. The van der Waals surface area contributed by atoms with Gasteiger partial charge in [-0.3, -0.25) is 0 Å². The second kappa shape index (κ2) is 10.6. The van der Waals surface area contributed by atoms with Crippen LogP contribution in [-0.2, 0) is 72.8 Å². The number of carbonyl (C=O) groups is 1. The predicted molar refractivity (Wildman–Crippen MR) is 15.2 cm³/mol. The van der Waals surface area contributed by atoms with Gasteiger partial charge in [0.25, 0.3) is 0 Å². The van der Waals surface area contributed by atoms with E-state index in [0.717, 1.165) is 24.7 Å². The van der Waals surface area contributed by atoms with Gasteiger partial charge in [-0.1, -0.05) is 0 Å². The molecule has 0 rings (SSSR count). The van der Waals surface area contributed by atoms with Crippen LogP contribution >= 0.6 is 0 Å². The zero-order valence-electron chi connectivity index (χ0n) is 3.55. The van der Waals surface area contributed by atoms with Crippen molar-refractivity contribution in [1.82, 2.24) is 0 Å². The van der Waals surface area contributed by atoms with Gasteiger partial charge in [0.15, 0.2) is 0 Å². The van der Waals surface area contributed by atoms with E-state index in [1.807, 2.05) is 0 Å². The summed E-state index contributed by atoms with van der Waals surface area (Å²) in [6.45, 7) is 3.23. The first-order chi connectivity index (χ1) is 2.27. The minimum atomic E-state index is 0. The summed E-state index contributed by atoms with van der Waals surface area (Å²) in [5, 5.41) is 0. The van der Waals surface area contributed by atoms with Crippen molar-refractivity contribution in [2.24, 2.45) is 0 Å². The molecular weight excluding hydrogens is 290 g/mol. The monoisotopic (exact) mass is 291 g/mol. The zero-order valence-corrected chi connectivity index (χ0v) is 9.57. The number of hydrogen-bond donors (Lipinski definition) is 0. The van der Waals surface area contributed by atoms with Gasteiger partial charge in [-0.05, 0) is 0 Å². The SMILES string of the molecule is C=C[C](=O)[Zr].[Fe].[Zr]. The maximum Gasteiger partial charge on any atom is 0 e.